The van der Waals surface area contributed by atoms with Crippen LogP contribution in [0.2, 0.25) is 0 Å². The zero-order valence-corrected chi connectivity index (χ0v) is 7.98. The molecule has 0 radical (unpaired) electrons. The maximum Gasteiger partial charge on any atom is 0.350 e. The van der Waals surface area contributed by atoms with E-state index in [-0.39, 0.29) is 16.9 Å². The Morgan fingerprint density at radius 1 is 1.40 bits per heavy atom. The summed E-state index contributed by atoms with van der Waals surface area (Å²) in [4.78, 5) is 21.8. The molecule has 15 heavy (non-hydrogen) atoms. The first-order chi connectivity index (χ1) is 7.13. The summed E-state index contributed by atoms with van der Waals surface area (Å²) in [5.41, 5.74) is 0.0268. The van der Waals surface area contributed by atoms with E-state index in [2.05, 4.69) is 0 Å². The van der Waals surface area contributed by atoms with Gasteiger partial charge in [-0.25, -0.2) is 4.79 Å². The van der Waals surface area contributed by atoms with Gasteiger partial charge in [0.1, 0.15) is 16.9 Å². The number of aryl methyl sites for hydroxylation is 1. The Hall–Kier alpha value is -2.10. The minimum absolute atomic E-state index is 0.281. The largest absolute Gasteiger partial charge is 0.506 e. The Kier molecular flexibility index (Phi) is 2.04. The Bertz CT molecular complexity index is 595. The molecule has 2 rings (SSSR count). The first-order valence-corrected chi connectivity index (χ1v) is 4.35. The van der Waals surface area contributed by atoms with Gasteiger partial charge < -0.3 is 9.52 Å². The van der Waals surface area contributed by atoms with Gasteiger partial charge in [-0.05, 0) is 24.6 Å². The third-order valence-electron chi connectivity index (χ3n) is 2.19. The fourth-order valence-electron chi connectivity index (χ4n) is 1.41. The van der Waals surface area contributed by atoms with Gasteiger partial charge in [0.15, 0.2) is 6.29 Å². The van der Waals surface area contributed by atoms with Crippen LogP contribution in [-0.2, 0) is 0 Å². The highest BCUT2D eigenvalue weighted by Crippen LogP contribution is 2.25. The van der Waals surface area contributed by atoms with Gasteiger partial charge in [0, 0.05) is 0 Å². The predicted molar refractivity (Wildman–Crippen MR) is 54.3 cm³/mol. The highest BCUT2D eigenvalue weighted by molar-refractivity contribution is 5.91. The summed E-state index contributed by atoms with van der Waals surface area (Å²) >= 11 is 0. The van der Waals surface area contributed by atoms with Crippen molar-refractivity contribution in [2.45, 2.75) is 6.92 Å². The molecule has 0 unspecified atom stereocenters. The van der Waals surface area contributed by atoms with Crippen molar-refractivity contribution in [3.05, 3.63) is 39.7 Å². The summed E-state index contributed by atoms with van der Waals surface area (Å²) in [5, 5.41) is 9.99. The van der Waals surface area contributed by atoms with Gasteiger partial charge in [0.2, 0.25) is 0 Å². The maximum absolute atomic E-state index is 11.2. The smallest absolute Gasteiger partial charge is 0.350 e. The number of aldehydes is 1. The highest BCUT2D eigenvalue weighted by Gasteiger charge is 2.12. The fraction of sp³-hybridized carbons (Fsp3) is 0.0909. The minimum atomic E-state index is -0.819. The van der Waals surface area contributed by atoms with Crippen molar-refractivity contribution in [2.75, 3.05) is 0 Å². The van der Waals surface area contributed by atoms with Gasteiger partial charge in [-0.3, -0.25) is 4.79 Å². The number of benzene rings is 1. The van der Waals surface area contributed by atoms with E-state index in [9.17, 15) is 14.7 Å². The fourth-order valence-corrected chi connectivity index (χ4v) is 1.41. The number of aromatic hydroxyl groups is 1. The van der Waals surface area contributed by atoms with E-state index in [1.54, 1.807) is 18.2 Å². The van der Waals surface area contributed by atoms with Crippen molar-refractivity contribution < 1.29 is 14.3 Å². The van der Waals surface area contributed by atoms with E-state index in [0.29, 0.717) is 11.7 Å². The Morgan fingerprint density at radius 3 is 2.80 bits per heavy atom. The van der Waals surface area contributed by atoms with Crippen LogP contribution in [0.3, 0.4) is 0 Å². The molecule has 0 aliphatic heterocycles. The van der Waals surface area contributed by atoms with Crippen molar-refractivity contribution in [2.24, 2.45) is 0 Å². The molecule has 0 atom stereocenters. The summed E-state index contributed by atoms with van der Waals surface area (Å²) in [6.07, 6.45) is 0.292. The van der Waals surface area contributed by atoms with Crippen LogP contribution in [0.15, 0.2) is 27.4 Å². The number of rotatable bonds is 1. The molecule has 1 heterocycles. The lowest BCUT2D eigenvalue weighted by molar-refractivity contribution is 0.111. The average Bonchev–Trinajstić information content (AvgIpc) is 2.17. The number of fused-ring (bicyclic) bond motifs is 1. The van der Waals surface area contributed by atoms with E-state index in [1.807, 2.05) is 6.92 Å². The van der Waals surface area contributed by atoms with Gasteiger partial charge in [-0.15, -0.1) is 0 Å². The highest BCUT2D eigenvalue weighted by atomic mass is 16.4. The van der Waals surface area contributed by atoms with Crippen LogP contribution in [-0.4, -0.2) is 11.4 Å². The summed E-state index contributed by atoms with van der Waals surface area (Å²) < 4.78 is 4.90. The summed E-state index contributed by atoms with van der Waals surface area (Å²) in [6.45, 7) is 1.84. The van der Waals surface area contributed by atoms with E-state index in [1.165, 1.54) is 0 Å². The van der Waals surface area contributed by atoms with Crippen molar-refractivity contribution >= 4 is 17.3 Å². The first kappa shape index (κ1) is 9.45. The number of carbonyl (C=O) groups is 1. The topological polar surface area (TPSA) is 67.5 Å². The standard InChI is InChI=1S/C11H8O4/c1-6-2-3-7-9(4-6)15-11(14)8(5-12)10(7)13/h2-5,13H,1H3. The van der Waals surface area contributed by atoms with Gasteiger partial charge in [-0.2, -0.15) is 0 Å². The van der Waals surface area contributed by atoms with E-state index in [4.69, 9.17) is 4.42 Å². The van der Waals surface area contributed by atoms with Crippen LogP contribution < -0.4 is 5.63 Å². The van der Waals surface area contributed by atoms with Crippen LogP contribution in [0.4, 0.5) is 0 Å². The van der Waals surface area contributed by atoms with Crippen molar-refractivity contribution in [3.63, 3.8) is 0 Å². The molecule has 0 aliphatic rings. The minimum Gasteiger partial charge on any atom is -0.506 e. The predicted octanol–water partition coefficient (Wildman–Crippen LogP) is 1.62. The molecule has 1 N–H and O–H groups in total. The number of hydrogen-bond acceptors (Lipinski definition) is 4. The van der Waals surface area contributed by atoms with Crippen LogP contribution in [0.1, 0.15) is 15.9 Å². The Morgan fingerprint density at radius 2 is 2.13 bits per heavy atom. The van der Waals surface area contributed by atoms with Crippen LogP contribution in [0.5, 0.6) is 5.75 Å². The quantitative estimate of drug-likeness (QED) is 0.566. The van der Waals surface area contributed by atoms with Crippen LogP contribution in [0, 0.1) is 6.92 Å². The Labute approximate surface area is 84.8 Å². The molecule has 1 aromatic carbocycles. The van der Waals surface area contributed by atoms with Gasteiger partial charge in [0.05, 0.1) is 5.39 Å². The zero-order chi connectivity index (χ0) is 11.0. The molecule has 1 aromatic heterocycles. The molecule has 76 valence electrons. The lowest BCUT2D eigenvalue weighted by Gasteiger charge is -2.02. The van der Waals surface area contributed by atoms with Crippen molar-refractivity contribution in [1.29, 1.82) is 0 Å². The second-order valence-corrected chi connectivity index (χ2v) is 3.27. The van der Waals surface area contributed by atoms with Crippen LogP contribution in [0.25, 0.3) is 11.0 Å². The van der Waals surface area contributed by atoms with E-state index >= 15 is 0 Å². The van der Waals surface area contributed by atoms with Gasteiger partial charge in [0.25, 0.3) is 0 Å². The molecule has 4 heteroatoms. The number of hydrogen-bond donors (Lipinski definition) is 1. The Balaban J connectivity index is 2.97. The maximum atomic E-state index is 11.2. The van der Waals surface area contributed by atoms with E-state index < -0.39 is 5.63 Å². The average molecular weight is 204 g/mol. The molecule has 0 spiro atoms. The van der Waals surface area contributed by atoms with E-state index in [0.717, 1.165) is 5.56 Å². The molecular weight excluding hydrogens is 196 g/mol. The molecule has 0 saturated carbocycles. The third kappa shape index (κ3) is 1.40. The molecule has 0 amide bonds. The molecule has 0 bridgehead atoms. The molecule has 0 aliphatic carbocycles. The summed E-state index contributed by atoms with van der Waals surface area (Å²) in [6, 6.07) is 5.00. The zero-order valence-electron chi connectivity index (χ0n) is 7.98. The van der Waals surface area contributed by atoms with Crippen LogP contribution >= 0.6 is 0 Å². The molecule has 0 saturated heterocycles. The van der Waals surface area contributed by atoms with Gasteiger partial charge >= 0.3 is 5.63 Å². The first-order valence-electron chi connectivity index (χ1n) is 4.35. The molecular formula is C11H8O4. The number of carbonyl (C=O) groups excluding carboxylic acids is 1. The summed E-state index contributed by atoms with van der Waals surface area (Å²) in [5.74, 6) is -0.323. The lowest BCUT2D eigenvalue weighted by atomic mass is 10.1. The second-order valence-electron chi connectivity index (χ2n) is 3.27. The molecule has 4 nitrogen and oxygen atoms in total. The van der Waals surface area contributed by atoms with Gasteiger partial charge in [-0.1, -0.05) is 6.07 Å². The SMILES string of the molecule is Cc1ccc2c(O)c(C=O)c(=O)oc2c1. The summed E-state index contributed by atoms with van der Waals surface area (Å²) in [7, 11) is 0. The molecule has 0 fully saturated rings. The monoisotopic (exact) mass is 204 g/mol. The van der Waals surface area contributed by atoms with Crippen molar-refractivity contribution in [1.82, 2.24) is 0 Å². The second kappa shape index (κ2) is 3.24. The molecule has 2 aromatic rings. The third-order valence-corrected chi connectivity index (χ3v) is 2.19. The van der Waals surface area contributed by atoms with Crippen molar-refractivity contribution in [3.8, 4) is 5.75 Å². The normalized spacial score (nSPS) is 10.5. The lowest BCUT2D eigenvalue weighted by Crippen LogP contribution is -2.06.